The van der Waals surface area contributed by atoms with Gasteiger partial charge in [-0.2, -0.15) is 0 Å². The summed E-state index contributed by atoms with van der Waals surface area (Å²) in [5, 5.41) is 14.8. The maximum absolute atomic E-state index is 11.3. The van der Waals surface area contributed by atoms with Crippen molar-refractivity contribution in [2.45, 2.75) is 6.92 Å². The lowest BCUT2D eigenvalue weighted by molar-refractivity contribution is -0.730. The third-order valence-corrected chi connectivity index (χ3v) is 2.09. The molecule has 2 aromatic rings. The van der Waals surface area contributed by atoms with Crippen LogP contribution in [0.25, 0.3) is 11.3 Å². The van der Waals surface area contributed by atoms with E-state index in [2.05, 4.69) is 9.79 Å². The van der Waals surface area contributed by atoms with Gasteiger partial charge >= 0.3 is 0 Å². The Balaban J connectivity index is 2.54. The monoisotopic (exact) mass is 190 g/mol. The van der Waals surface area contributed by atoms with Gasteiger partial charge in [-0.1, -0.05) is 22.4 Å². The van der Waals surface area contributed by atoms with E-state index in [-0.39, 0.29) is 0 Å². The zero-order valence-electron chi connectivity index (χ0n) is 8.02. The van der Waals surface area contributed by atoms with E-state index in [0.29, 0.717) is 5.69 Å². The highest BCUT2D eigenvalue weighted by Gasteiger charge is 2.14. The summed E-state index contributed by atoms with van der Waals surface area (Å²) >= 11 is 0. The van der Waals surface area contributed by atoms with Crippen LogP contribution < -0.4 is 9.79 Å². The molecule has 2 rings (SSSR count). The van der Waals surface area contributed by atoms with Crippen LogP contribution in [0.4, 0.5) is 0 Å². The second-order valence-corrected chi connectivity index (χ2v) is 3.20. The average molecular weight is 190 g/mol. The maximum atomic E-state index is 11.3. The molecule has 72 valence electrons. The predicted octanol–water partition coefficient (Wildman–Crippen LogP) is 0.548. The van der Waals surface area contributed by atoms with Crippen LogP contribution in [0.2, 0.25) is 0 Å². The standard InChI is InChI=1S/C10H10N2O2/c1-7-3-5-8(6-4-7)9-10(13)14-11-12(9)2/h3-6H,1-2H3. The molecule has 0 atom stereocenters. The van der Waals surface area contributed by atoms with Crippen molar-refractivity contribution in [3.05, 3.63) is 29.8 Å². The van der Waals surface area contributed by atoms with Crippen LogP contribution in [-0.4, -0.2) is 5.27 Å². The Labute approximate surface area is 81.4 Å². The van der Waals surface area contributed by atoms with E-state index in [1.54, 1.807) is 7.05 Å². The SMILES string of the molecule is Cc1ccc(-c2c([O-])on[n+]2C)cc1. The number of rotatable bonds is 1. The van der Waals surface area contributed by atoms with Crippen molar-refractivity contribution in [1.82, 2.24) is 5.27 Å². The number of hydrogen-bond acceptors (Lipinski definition) is 3. The summed E-state index contributed by atoms with van der Waals surface area (Å²) in [6.07, 6.45) is 0. The summed E-state index contributed by atoms with van der Waals surface area (Å²) < 4.78 is 5.97. The van der Waals surface area contributed by atoms with Gasteiger partial charge < -0.3 is 9.63 Å². The first-order chi connectivity index (χ1) is 6.68. The third-order valence-electron chi connectivity index (χ3n) is 2.09. The minimum Gasteiger partial charge on any atom is -0.539 e. The molecule has 4 nitrogen and oxygen atoms in total. The molecule has 0 aliphatic carbocycles. The van der Waals surface area contributed by atoms with Crippen molar-refractivity contribution in [3.8, 4) is 17.2 Å². The Morgan fingerprint density at radius 1 is 1.29 bits per heavy atom. The first kappa shape index (κ1) is 8.74. The van der Waals surface area contributed by atoms with Gasteiger partial charge in [0.05, 0.1) is 10.8 Å². The summed E-state index contributed by atoms with van der Waals surface area (Å²) in [5.74, 6) is -0.406. The van der Waals surface area contributed by atoms with Gasteiger partial charge in [-0.15, -0.1) is 0 Å². The second kappa shape index (κ2) is 3.14. The smallest absolute Gasteiger partial charge is 0.263 e. The molecule has 0 radical (unpaired) electrons. The minimum absolute atomic E-state index is 0.406. The highest BCUT2D eigenvalue weighted by atomic mass is 16.6. The predicted molar refractivity (Wildman–Crippen MR) is 47.3 cm³/mol. The van der Waals surface area contributed by atoms with Crippen molar-refractivity contribution in [3.63, 3.8) is 0 Å². The molecule has 0 fully saturated rings. The lowest BCUT2D eigenvalue weighted by Crippen LogP contribution is -2.31. The Morgan fingerprint density at radius 3 is 2.43 bits per heavy atom. The zero-order valence-corrected chi connectivity index (χ0v) is 8.02. The van der Waals surface area contributed by atoms with Crippen molar-refractivity contribution in [2.75, 3.05) is 0 Å². The van der Waals surface area contributed by atoms with Gasteiger partial charge in [0.15, 0.2) is 13.0 Å². The minimum atomic E-state index is -0.406. The van der Waals surface area contributed by atoms with Gasteiger partial charge in [-0.05, 0) is 19.1 Å². The summed E-state index contributed by atoms with van der Waals surface area (Å²) in [4.78, 5) is 0. The van der Waals surface area contributed by atoms with Crippen LogP contribution >= 0.6 is 0 Å². The van der Waals surface area contributed by atoms with Crippen molar-refractivity contribution < 1.29 is 14.3 Å². The third kappa shape index (κ3) is 1.35. The Kier molecular flexibility index (Phi) is 1.96. The highest BCUT2D eigenvalue weighted by molar-refractivity contribution is 5.59. The molecule has 0 spiro atoms. The van der Waals surface area contributed by atoms with Gasteiger partial charge in [-0.25, -0.2) is 0 Å². The van der Waals surface area contributed by atoms with E-state index in [1.165, 1.54) is 4.68 Å². The molecule has 1 aromatic heterocycles. The van der Waals surface area contributed by atoms with Crippen LogP contribution in [-0.2, 0) is 7.05 Å². The highest BCUT2D eigenvalue weighted by Crippen LogP contribution is 2.22. The molecule has 0 aliphatic rings. The topological polar surface area (TPSA) is 53.0 Å². The Bertz CT molecular complexity index is 426. The van der Waals surface area contributed by atoms with E-state index in [1.807, 2.05) is 31.2 Å². The van der Waals surface area contributed by atoms with Crippen LogP contribution in [0.1, 0.15) is 5.56 Å². The molecule has 14 heavy (non-hydrogen) atoms. The normalized spacial score (nSPS) is 10.4. The van der Waals surface area contributed by atoms with Crippen LogP contribution in [0.15, 0.2) is 28.8 Å². The summed E-state index contributed by atoms with van der Waals surface area (Å²) in [6, 6.07) is 7.65. The first-order valence-corrected chi connectivity index (χ1v) is 4.28. The number of aromatic nitrogens is 2. The molecule has 0 N–H and O–H groups in total. The number of hydrogen-bond donors (Lipinski definition) is 0. The molecular weight excluding hydrogens is 180 g/mol. The zero-order chi connectivity index (χ0) is 10.1. The van der Waals surface area contributed by atoms with Crippen molar-refractivity contribution >= 4 is 0 Å². The van der Waals surface area contributed by atoms with Crippen molar-refractivity contribution in [2.24, 2.45) is 7.05 Å². The van der Waals surface area contributed by atoms with E-state index in [0.717, 1.165) is 11.1 Å². The lowest BCUT2D eigenvalue weighted by Gasteiger charge is -1.97. The van der Waals surface area contributed by atoms with Gasteiger partial charge in [0.25, 0.3) is 5.69 Å². The molecule has 0 saturated heterocycles. The van der Waals surface area contributed by atoms with Gasteiger partial charge in [-0.3, -0.25) is 0 Å². The molecule has 1 heterocycles. The quantitative estimate of drug-likeness (QED) is 0.617. The first-order valence-electron chi connectivity index (χ1n) is 4.28. The molecule has 0 saturated carbocycles. The summed E-state index contributed by atoms with van der Waals surface area (Å²) in [5.41, 5.74) is 2.45. The summed E-state index contributed by atoms with van der Waals surface area (Å²) in [7, 11) is 1.68. The van der Waals surface area contributed by atoms with Gasteiger partial charge in [0, 0.05) is 0 Å². The molecule has 1 aromatic carbocycles. The second-order valence-electron chi connectivity index (χ2n) is 3.20. The molecule has 0 unspecified atom stereocenters. The lowest BCUT2D eigenvalue weighted by atomic mass is 10.1. The molecular formula is C10H10N2O2. The molecule has 0 amide bonds. The van der Waals surface area contributed by atoms with Crippen LogP contribution in [0.3, 0.4) is 0 Å². The maximum Gasteiger partial charge on any atom is 0.263 e. The van der Waals surface area contributed by atoms with Crippen LogP contribution in [0, 0.1) is 6.92 Å². The van der Waals surface area contributed by atoms with E-state index < -0.39 is 5.95 Å². The molecule has 0 aliphatic heterocycles. The Morgan fingerprint density at radius 2 is 1.93 bits per heavy atom. The largest absolute Gasteiger partial charge is 0.539 e. The van der Waals surface area contributed by atoms with Gasteiger partial charge in [0.1, 0.15) is 0 Å². The number of benzene rings is 1. The van der Waals surface area contributed by atoms with Crippen molar-refractivity contribution in [1.29, 1.82) is 0 Å². The Hall–Kier alpha value is -1.84. The number of aryl methyl sites for hydroxylation is 2. The van der Waals surface area contributed by atoms with E-state index >= 15 is 0 Å². The fourth-order valence-corrected chi connectivity index (χ4v) is 1.33. The molecule has 4 heteroatoms. The average Bonchev–Trinajstić information content (AvgIpc) is 2.49. The van der Waals surface area contributed by atoms with Crippen LogP contribution in [0.5, 0.6) is 5.95 Å². The summed E-state index contributed by atoms with van der Waals surface area (Å²) in [6.45, 7) is 2.00. The molecule has 0 bridgehead atoms. The van der Waals surface area contributed by atoms with E-state index in [4.69, 9.17) is 0 Å². The van der Waals surface area contributed by atoms with Gasteiger partial charge in [0.2, 0.25) is 0 Å². The van der Waals surface area contributed by atoms with E-state index in [9.17, 15) is 5.11 Å². The fraction of sp³-hybridized carbons (Fsp3) is 0.200. The fourth-order valence-electron chi connectivity index (χ4n) is 1.33. The number of nitrogens with zero attached hydrogens (tertiary/aromatic N) is 2.